The first-order chi connectivity index (χ1) is 9.54. The molecular weight excluding hydrogens is 260 g/mol. The third-order valence-electron chi connectivity index (χ3n) is 2.48. The van der Waals surface area contributed by atoms with Crippen LogP contribution in [0.3, 0.4) is 0 Å². The number of anilines is 1. The van der Waals surface area contributed by atoms with Crippen LogP contribution in [-0.4, -0.2) is 31.3 Å². The van der Waals surface area contributed by atoms with Crippen molar-refractivity contribution in [1.29, 1.82) is 0 Å². The molecule has 0 saturated carbocycles. The van der Waals surface area contributed by atoms with Crippen LogP contribution in [0, 0.1) is 16.0 Å². The highest BCUT2D eigenvalue weighted by Crippen LogP contribution is 2.29. The van der Waals surface area contributed by atoms with Crippen molar-refractivity contribution in [3.63, 3.8) is 0 Å². The van der Waals surface area contributed by atoms with E-state index in [9.17, 15) is 10.1 Å². The monoisotopic (exact) mass is 282 g/mol. The van der Waals surface area contributed by atoms with Crippen LogP contribution in [0.4, 0.5) is 11.4 Å². The first-order valence-corrected chi connectivity index (χ1v) is 6.77. The first kappa shape index (κ1) is 16.2. The summed E-state index contributed by atoms with van der Waals surface area (Å²) in [6.45, 7) is 8.35. The Morgan fingerprint density at radius 1 is 1.40 bits per heavy atom. The van der Waals surface area contributed by atoms with E-state index in [0.717, 1.165) is 12.3 Å². The molecule has 0 atom stereocenters. The van der Waals surface area contributed by atoms with E-state index in [4.69, 9.17) is 9.47 Å². The normalized spacial score (nSPS) is 10.6. The molecule has 112 valence electrons. The zero-order chi connectivity index (χ0) is 15.0. The van der Waals surface area contributed by atoms with E-state index in [1.165, 1.54) is 6.07 Å². The Kier molecular flexibility index (Phi) is 6.79. The maximum Gasteiger partial charge on any atom is 0.311 e. The number of nitro benzene ring substituents is 1. The fraction of sp³-hybridized carbons (Fsp3) is 0.571. The van der Waals surface area contributed by atoms with Gasteiger partial charge in [0.2, 0.25) is 0 Å². The third-order valence-corrected chi connectivity index (χ3v) is 2.48. The van der Waals surface area contributed by atoms with Crippen LogP contribution in [0.1, 0.15) is 20.8 Å². The van der Waals surface area contributed by atoms with Crippen LogP contribution in [0.2, 0.25) is 0 Å². The molecule has 0 aliphatic heterocycles. The molecule has 1 N–H and O–H groups in total. The molecule has 0 bridgehead atoms. The molecule has 0 saturated heterocycles. The Hall–Kier alpha value is -1.82. The molecule has 0 spiro atoms. The molecule has 1 aromatic rings. The lowest BCUT2D eigenvalue weighted by molar-refractivity contribution is -0.385. The summed E-state index contributed by atoms with van der Waals surface area (Å²) in [5.41, 5.74) is 0.764. The molecule has 0 aliphatic carbocycles. The quantitative estimate of drug-likeness (QED) is 0.428. The summed E-state index contributed by atoms with van der Waals surface area (Å²) >= 11 is 0. The van der Waals surface area contributed by atoms with Crippen LogP contribution in [0.15, 0.2) is 18.2 Å². The highest BCUT2D eigenvalue weighted by molar-refractivity contribution is 5.57. The lowest BCUT2D eigenvalue weighted by Crippen LogP contribution is -2.12. The second-order valence-corrected chi connectivity index (χ2v) is 4.77. The van der Waals surface area contributed by atoms with Gasteiger partial charge in [0.1, 0.15) is 0 Å². The van der Waals surface area contributed by atoms with Crippen molar-refractivity contribution in [2.75, 3.05) is 31.7 Å². The maximum atomic E-state index is 10.9. The minimum Gasteiger partial charge on any atom is -0.487 e. The third kappa shape index (κ3) is 5.44. The molecule has 6 heteroatoms. The molecule has 0 radical (unpaired) electrons. The van der Waals surface area contributed by atoms with Gasteiger partial charge < -0.3 is 14.8 Å². The lowest BCUT2D eigenvalue weighted by Gasteiger charge is -2.10. The topological polar surface area (TPSA) is 73.6 Å². The van der Waals surface area contributed by atoms with Gasteiger partial charge in [0.05, 0.1) is 18.1 Å². The van der Waals surface area contributed by atoms with Crippen LogP contribution >= 0.6 is 0 Å². The molecule has 0 fully saturated rings. The summed E-state index contributed by atoms with van der Waals surface area (Å²) in [5.74, 6) is 0.796. The summed E-state index contributed by atoms with van der Waals surface area (Å²) in [6.07, 6.45) is 0. The summed E-state index contributed by atoms with van der Waals surface area (Å²) < 4.78 is 10.7. The van der Waals surface area contributed by atoms with Crippen molar-refractivity contribution in [3.05, 3.63) is 28.3 Å². The molecule has 0 heterocycles. The predicted octanol–water partition coefficient (Wildman–Crippen LogP) is 3.08. The van der Waals surface area contributed by atoms with Crippen molar-refractivity contribution in [2.45, 2.75) is 20.8 Å². The van der Waals surface area contributed by atoms with E-state index in [1.807, 2.05) is 0 Å². The first-order valence-electron chi connectivity index (χ1n) is 6.77. The van der Waals surface area contributed by atoms with Gasteiger partial charge in [0, 0.05) is 31.0 Å². The average Bonchev–Trinajstić information content (AvgIpc) is 2.38. The Bertz CT molecular complexity index is 435. The number of nitrogens with zero attached hydrogens (tertiary/aromatic N) is 1. The second kappa shape index (κ2) is 8.37. The van der Waals surface area contributed by atoms with Crippen LogP contribution < -0.4 is 10.1 Å². The number of ether oxygens (including phenoxy) is 2. The SMILES string of the molecule is CCOc1cc(NCCOCC(C)C)ccc1[N+](=O)[O-]. The van der Waals surface area contributed by atoms with Gasteiger partial charge in [-0.3, -0.25) is 10.1 Å². The van der Waals surface area contributed by atoms with Gasteiger partial charge >= 0.3 is 5.69 Å². The number of hydrogen-bond acceptors (Lipinski definition) is 5. The summed E-state index contributed by atoms with van der Waals surface area (Å²) in [7, 11) is 0. The summed E-state index contributed by atoms with van der Waals surface area (Å²) in [5, 5.41) is 14.0. The van der Waals surface area contributed by atoms with Gasteiger partial charge in [-0.15, -0.1) is 0 Å². The predicted molar refractivity (Wildman–Crippen MR) is 78.4 cm³/mol. The van der Waals surface area contributed by atoms with Gasteiger partial charge in [-0.2, -0.15) is 0 Å². The standard InChI is InChI=1S/C14H22N2O4/c1-4-20-14-9-12(5-6-13(14)16(17)18)15-7-8-19-10-11(2)3/h5-6,9,11,15H,4,7-8,10H2,1-3H3. The molecule has 0 aliphatic rings. The molecular formula is C14H22N2O4. The highest BCUT2D eigenvalue weighted by Gasteiger charge is 2.15. The number of rotatable bonds is 9. The van der Waals surface area contributed by atoms with Crippen LogP contribution in [0.5, 0.6) is 5.75 Å². The zero-order valence-corrected chi connectivity index (χ0v) is 12.2. The number of nitrogens with one attached hydrogen (secondary N) is 1. The Morgan fingerprint density at radius 2 is 2.15 bits per heavy atom. The molecule has 6 nitrogen and oxygen atoms in total. The number of benzene rings is 1. The molecule has 0 unspecified atom stereocenters. The van der Waals surface area contributed by atoms with E-state index in [0.29, 0.717) is 25.7 Å². The van der Waals surface area contributed by atoms with E-state index in [2.05, 4.69) is 19.2 Å². The van der Waals surface area contributed by atoms with Crippen molar-refractivity contribution in [2.24, 2.45) is 5.92 Å². The van der Waals surface area contributed by atoms with Crippen LogP contribution in [0.25, 0.3) is 0 Å². The summed E-state index contributed by atoms with van der Waals surface area (Å²) in [6, 6.07) is 4.76. The fourth-order valence-electron chi connectivity index (χ4n) is 1.63. The minimum absolute atomic E-state index is 0.0199. The van der Waals surface area contributed by atoms with Crippen LogP contribution in [-0.2, 0) is 4.74 Å². The molecule has 0 aromatic heterocycles. The molecule has 1 aromatic carbocycles. The van der Waals surface area contributed by atoms with Gasteiger partial charge in [0.15, 0.2) is 5.75 Å². The fourth-order valence-corrected chi connectivity index (χ4v) is 1.63. The van der Waals surface area contributed by atoms with E-state index in [-0.39, 0.29) is 11.4 Å². The lowest BCUT2D eigenvalue weighted by atomic mass is 10.2. The number of hydrogen-bond donors (Lipinski definition) is 1. The van der Waals surface area contributed by atoms with Gasteiger partial charge in [-0.25, -0.2) is 0 Å². The summed E-state index contributed by atoms with van der Waals surface area (Å²) in [4.78, 5) is 10.4. The van der Waals surface area contributed by atoms with E-state index < -0.39 is 4.92 Å². The van der Waals surface area contributed by atoms with E-state index in [1.54, 1.807) is 19.1 Å². The maximum absolute atomic E-state index is 10.9. The Labute approximate surface area is 119 Å². The zero-order valence-electron chi connectivity index (χ0n) is 12.2. The van der Waals surface area contributed by atoms with Crippen molar-refractivity contribution < 1.29 is 14.4 Å². The smallest absolute Gasteiger partial charge is 0.311 e. The number of nitro groups is 1. The minimum atomic E-state index is -0.444. The van der Waals surface area contributed by atoms with E-state index >= 15 is 0 Å². The van der Waals surface area contributed by atoms with Crippen molar-refractivity contribution in [3.8, 4) is 5.75 Å². The average molecular weight is 282 g/mol. The molecule has 0 amide bonds. The largest absolute Gasteiger partial charge is 0.487 e. The van der Waals surface area contributed by atoms with Crippen molar-refractivity contribution in [1.82, 2.24) is 0 Å². The second-order valence-electron chi connectivity index (χ2n) is 4.77. The Balaban J connectivity index is 2.54. The van der Waals surface area contributed by atoms with Gasteiger partial charge in [-0.1, -0.05) is 13.8 Å². The molecule has 20 heavy (non-hydrogen) atoms. The highest BCUT2D eigenvalue weighted by atomic mass is 16.6. The van der Waals surface area contributed by atoms with Gasteiger partial charge in [-0.05, 0) is 18.9 Å². The molecule has 1 rings (SSSR count). The Morgan fingerprint density at radius 3 is 2.75 bits per heavy atom. The van der Waals surface area contributed by atoms with Crippen molar-refractivity contribution >= 4 is 11.4 Å². The van der Waals surface area contributed by atoms with Gasteiger partial charge in [0.25, 0.3) is 0 Å².